The van der Waals surface area contributed by atoms with E-state index >= 15 is 0 Å². The van der Waals surface area contributed by atoms with Gasteiger partial charge in [-0.15, -0.1) is 0 Å². The van der Waals surface area contributed by atoms with Gasteiger partial charge in [0.1, 0.15) is 0 Å². The van der Waals surface area contributed by atoms with E-state index in [2.05, 4.69) is 10.0 Å². The molecule has 13 heteroatoms. The van der Waals surface area contributed by atoms with Crippen molar-refractivity contribution in [2.45, 2.75) is 24.3 Å². The van der Waals surface area contributed by atoms with Crippen molar-refractivity contribution in [1.29, 1.82) is 0 Å². The number of ether oxygens (including phenoxy) is 1. The fourth-order valence-electron chi connectivity index (χ4n) is 2.27. The number of carbonyl (C=O) groups excluding carboxylic acids is 2. The average molecular weight is 490 g/mol. The van der Waals surface area contributed by atoms with Crippen LogP contribution in [0.1, 0.15) is 13.3 Å². The van der Waals surface area contributed by atoms with Gasteiger partial charge in [-0.2, -0.15) is 0 Å². The van der Waals surface area contributed by atoms with Crippen molar-refractivity contribution in [3.63, 3.8) is 0 Å². The number of esters is 1. The van der Waals surface area contributed by atoms with Gasteiger partial charge in [0.05, 0.1) is 26.9 Å². The Kier molecular flexibility index (Phi) is 8.34. The molecule has 31 heavy (non-hydrogen) atoms. The molecule has 0 radical (unpaired) electrons. The number of carbonyl (C=O) groups is 2. The van der Waals surface area contributed by atoms with Crippen LogP contribution < -0.4 is 10.0 Å². The molecule has 0 aliphatic rings. The third kappa shape index (κ3) is 7.17. The number of anilines is 1. The molecule has 1 atom stereocenters. The number of hydrogen-bond acceptors (Lipinski definition) is 7. The molecule has 2 rings (SSSR count). The second-order valence-electron chi connectivity index (χ2n) is 6.15. The maximum Gasteiger partial charge on any atom is 0.307 e. The van der Waals surface area contributed by atoms with Crippen LogP contribution in [0, 0.1) is 10.1 Å². The minimum absolute atomic E-state index is 0.0545. The summed E-state index contributed by atoms with van der Waals surface area (Å²) in [4.78, 5) is 34.1. The van der Waals surface area contributed by atoms with Crippen molar-refractivity contribution < 1.29 is 27.7 Å². The third-order valence-corrected chi connectivity index (χ3v) is 5.83. The predicted octanol–water partition coefficient (Wildman–Crippen LogP) is 3.14. The number of halogens is 2. The molecule has 0 aromatic heterocycles. The summed E-state index contributed by atoms with van der Waals surface area (Å²) in [6.45, 7) is 1.05. The highest BCUT2D eigenvalue weighted by Crippen LogP contribution is 2.26. The van der Waals surface area contributed by atoms with Crippen LogP contribution in [0.25, 0.3) is 0 Å². The lowest BCUT2D eigenvalue weighted by Gasteiger charge is -2.14. The average Bonchev–Trinajstić information content (AvgIpc) is 2.69. The van der Waals surface area contributed by atoms with Crippen LogP contribution in [-0.4, -0.2) is 37.9 Å². The SMILES string of the molecule is CC(OC(=O)CCNS(=O)(=O)c1cccc(Cl)c1)C(=O)Nc1ccc([N+](=O)[O-])cc1Cl. The zero-order valence-electron chi connectivity index (χ0n) is 16.0. The standard InChI is InChI=1S/C18H17Cl2N3O7S/c1-11(18(25)22-16-6-5-13(23(26)27)10-15(16)20)30-17(24)7-8-21-31(28,29)14-4-2-3-12(19)9-14/h2-6,9-11,21H,7-8H2,1H3,(H,22,25). The van der Waals surface area contributed by atoms with E-state index in [9.17, 15) is 28.1 Å². The highest BCUT2D eigenvalue weighted by atomic mass is 35.5. The molecule has 2 aromatic carbocycles. The molecule has 0 heterocycles. The summed E-state index contributed by atoms with van der Waals surface area (Å²) in [6.07, 6.45) is -1.54. The molecule has 0 saturated heterocycles. The topological polar surface area (TPSA) is 145 Å². The first-order chi connectivity index (χ1) is 14.5. The van der Waals surface area contributed by atoms with Gasteiger partial charge in [-0.05, 0) is 31.2 Å². The molecule has 0 aliphatic carbocycles. The lowest BCUT2D eigenvalue weighted by atomic mass is 10.2. The lowest BCUT2D eigenvalue weighted by molar-refractivity contribution is -0.384. The van der Waals surface area contributed by atoms with Gasteiger partial charge in [0.2, 0.25) is 10.0 Å². The monoisotopic (exact) mass is 489 g/mol. The number of nitro groups is 1. The summed E-state index contributed by atoms with van der Waals surface area (Å²) in [7, 11) is -3.86. The Morgan fingerprint density at radius 2 is 1.90 bits per heavy atom. The van der Waals surface area contributed by atoms with Crippen molar-refractivity contribution in [2.75, 3.05) is 11.9 Å². The number of rotatable bonds is 9. The quantitative estimate of drug-likeness (QED) is 0.312. The predicted molar refractivity (Wildman–Crippen MR) is 114 cm³/mol. The number of benzene rings is 2. The lowest BCUT2D eigenvalue weighted by Crippen LogP contribution is -2.32. The Hall–Kier alpha value is -2.73. The summed E-state index contributed by atoms with van der Waals surface area (Å²) in [6, 6.07) is 9.08. The Balaban J connectivity index is 1.85. The molecule has 0 saturated carbocycles. The number of nitrogens with zero attached hydrogens (tertiary/aromatic N) is 1. The van der Waals surface area contributed by atoms with Crippen molar-refractivity contribution >= 4 is 56.5 Å². The first-order valence-electron chi connectivity index (χ1n) is 8.69. The number of nitro benzene ring substituents is 1. The van der Waals surface area contributed by atoms with E-state index < -0.39 is 32.9 Å². The van der Waals surface area contributed by atoms with Crippen LogP contribution in [-0.2, 0) is 24.3 Å². The van der Waals surface area contributed by atoms with Crippen LogP contribution >= 0.6 is 23.2 Å². The zero-order valence-corrected chi connectivity index (χ0v) is 18.3. The molecular weight excluding hydrogens is 473 g/mol. The molecule has 0 bridgehead atoms. The van der Waals surface area contributed by atoms with Gasteiger partial charge in [-0.25, -0.2) is 13.1 Å². The zero-order chi connectivity index (χ0) is 23.2. The summed E-state index contributed by atoms with van der Waals surface area (Å²) in [5.41, 5.74) is -0.142. The van der Waals surface area contributed by atoms with Gasteiger partial charge in [0.25, 0.3) is 11.6 Å². The largest absolute Gasteiger partial charge is 0.452 e. The van der Waals surface area contributed by atoms with Gasteiger partial charge < -0.3 is 10.1 Å². The molecule has 0 aliphatic heterocycles. The molecule has 10 nitrogen and oxygen atoms in total. The van der Waals surface area contributed by atoms with Crippen LogP contribution in [0.3, 0.4) is 0 Å². The van der Waals surface area contributed by atoms with Crippen molar-refractivity contribution in [2.24, 2.45) is 0 Å². The molecular formula is C18H17Cl2N3O7S. The minimum Gasteiger partial charge on any atom is -0.452 e. The number of non-ortho nitro benzene ring substituents is 1. The van der Waals surface area contributed by atoms with Crippen LogP contribution in [0.2, 0.25) is 10.0 Å². The fraction of sp³-hybridized carbons (Fsp3) is 0.222. The fourth-order valence-corrected chi connectivity index (χ4v) is 3.82. The Morgan fingerprint density at radius 3 is 2.52 bits per heavy atom. The van der Waals surface area contributed by atoms with E-state index in [4.69, 9.17) is 27.9 Å². The summed E-state index contributed by atoms with van der Waals surface area (Å²) in [5, 5.41) is 13.3. The van der Waals surface area contributed by atoms with Crippen LogP contribution in [0.4, 0.5) is 11.4 Å². The van der Waals surface area contributed by atoms with Gasteiger partial charge in [-0.3, -0.25) is 19.7 Å². The van der Waals surface area contributed by atoms with E-state index in [1.807, 2.05) is 0 Å². The van der Waals surface area contributed by atoms with Crippen molar-refractivity contribution in [3.05, 3.63) is 62.6 Å². The van der Waals surface area contributed by atoms with Gasteiger partial charge in [0.15, 0.2) is 6.10 Å². The molecule has 2 N–H and O–H groups in total. The maximum absolute atomic E-state index is 12.2. The van der Waals surface area contributed by atoms with Crippen molar-refractivity contribution in [1.82, 2.24) is 4.72 Å². The van der Waals surface area contributed by atoms with Gasteiger partial charge >= 0.3 is 5.97 Å². The van der Waals surface area contributed by atoms with Crippen molar-refractivity contribution in [3.8, 4) is 0 Å². The summed E-state index contributed by atoms with van der Waals surface area (Å²) >= 11 is 11.7. The number of hydrogen-bond donors (Lipinski definition) is 2. The third-order valence-electron chi connectivity index (χ3n) is 3.83. The maximum atomic E-state index is 12.2. The highest BCUT2D eigenvalue weighted by Gasteiger charge is 2.21. The molecule has 1 amide bonds. The second-order valence-corrected chi connectivity index (χ2v) is 8.76. The van der Waals surface area contributed by atoms with Crippen LogP contribution in [0.15, 0.2) is 47.4 Å². The van der Waals surface area contributed by atoms with E-state index in [0.717, 1.165) is 12.1 Å². The number of nitrogens with one attached hydrogen (secondary N) is 2. The van der Waals surface area contributed by atoms with Gasteiger partial charge in [-0.1, -0.05) is 29.3 Å². The minimum atomic E-state index is -3.86. The summed E-state index contributed by atoms with van der Waals surface area (Å²) in [5.74, 6) is -1.53. The molecule has 1 unspecified atom stereocenters. The highest BCUT2D eigenvalue weighted by molar-refractivity contribution is 7.89. The Morgan fingerprint density at radius 1 is 1.19 bits per heavy atom. The van der Waals surface area contributed by atoms with E-state index in [-0.39, 0.29) is 39.3 Å². The first-order valence-corrected chi connectivity index (χ1v) is 10.9. The molecule has 166 valence electrons. The molecule has 0 fully saturated rings. The second kappa shape index (κ2) is 10.5. The number of amides is 1. The normalized spacial score (nSPS) is 12.1. The van der Waals surface area contributed by atoms with Gasteiger partial charge in [0, 0.05) is 23.7 Å². The Labute approximate surface area is 187 Å². The molecule has 2 aromatic rings. The Bertz CT molecular complexity index is 1110. The molecule has 0 spiro atoms. The van der Waals surface area contributed by atoms with E-state index in [1.54, 1.807) is 0 Å². The van der Waals surface area contributed by atoms with E-state index in [1.165, 1.54) is 37.3 Å². The van der Waals surface area contributed by atoms with Crippen LogP contribution in [0.5, 0.6) is 0 Å². The first kappa shape index (κ1) is 24.5. The van der Waals surface area contributed by atoms with E-state index in [0.29, 0.717) is 0 Å². The summed E-state index contributed by atoms with van der Waals surface area (Å²) < 4.78 is 31.5. The smallest absolute Gasteiger partial charge is 0.307 e. The number of sulfonamides is 1.